The molecule has 0 aromatic heterocycles. The molecule has 3 atom stereocenters. The summed E-state index contributed by atoms with van der Waals surface area (Å²) in [5.41, 5.74) is 0. The number of phosphoric ester groups is 1. The zero-order valence-electron chi connectivity index (χ0n) is 32.5. The molecule has 0 saturated carbocycles. The Morgan fingerprint density at radius 1 is 0.615 bits per heavy atom. The Morgan fingerprint density at radius 2 is 1.10 bits per heavy atom. The molecule has 0 bridgehead atoms. The van der Waals surface area contributed by atoms with E-state index in [1.165, 1.54) is 44.9 Å². The minimum absolute atomic E-state index is 0.0287. The van der Waals surface area contributed by atoms with Gasteiger partial charge in [0.05, 0.1) is 26.4 Å². The van der Waals surface area contributed by atoms with Crippen LogP contribution in [0.3, 0.4) is 0 Å². The van der Waals surface area contributed by atoms with E-state index >= 15 is 0 Å². The minimum atomic E-state index is -4.53. The molecule has 0 amide bonds. The first-order valence-corrected chi connectivity index (χ1v) is 21.4. The standard InChI is InChI=1S/C42H73O9P/c1-3-5-7-9-11-13-15-16-17-18-19-20-21-22-23-24-25-26-28-30-32-34-42(45)51-41(39-50-52(46,47)49-37-40(44)36-43)38-48-35-33-31-29-27-14-12-10-8-6-4-2/h5,7,11,13,16-17,19-20,22-23,25-26,40-41,43-44H,3-4,6,8-10,12,14-15,18,21,24,27-39H2,1-2H3,(H,46,47)/b7-5-,13-11-,17-16-,20-19-,23-22-,26-25-. The maximum Gasteiger partial charge on any atom is 0.472 e. The van der Waals surface area contributed by atoms with E-state index in [2.05, 4.69) is 86.8 Å². The Balaban J connectivity index is 4.29. The van der Waals surface area contributed by atoms with E-state index in [1.54, 1.807) is 0 Å². The maximum absolute atomic E-state index is 12.6. The van der Waals surface area contributed by atoms with Gasteiger partial charge in [0, 0.05) is 13.0 Å². The molecule has 52 heavy (non-hydrogen) atoms. The van der Waals surface area contributed by atoms with Crippen molar-refractivity contribution in [2.45, 2.75) is 154 Å². The van der Waals surface area contributed by atoms with Gasteiger partial charge in [0.25, 0.3) is 0 Å². The normalized spacial score (nSPS) is 14.9. The van der Waals surface area contributed by atoms with Crippen LogP contribution in [0.2, 0.25) is 0 Å². The average Bonchev–Trinajstić information content (AvgIpc) is 3.13. The van der Waals surface area contributed by atoms with E-state index in [1.807, 2.05) is 0 Å². The Kier molecular flexibility index (Phi) is 37.1. The van der Waals surface area contributed by atoms with Gasteiger partial charge in [-0.05, 0) is 64.2 Å². The van der Waals surface area contributed by atoms with E-state index in [0.29, 0.717) is 13.0 Å². The van der Waals surface area contributed by atoms with Crippen molar-refractivity contribution >= 4 is 13.8 Å². The molecule has 0 fully saturated rings. The summed E-state index contributed by atoms with van der Waals surface area (Å²) in [4.78, 5) is 22.5. The van der Waals surface area contributed by atoms with Crippen LogP contribution in [-0.4, -0.2) is 66.3 Å². The van der Waals surface area contributed by atoms with Crippen molar-refractivity contribution in [2.75, 3.05) is 33.0 Å². The van der Waals surface area contributed by atoms with Crippen molar-refractivity contribution in [1.82, 2.24) is 0 Å². The molecule has 10 heteroatoms. The van der Waals surface area contributed by atoms with E-state index in [9.17, 15) is 19.4 Å². The molecule has 3 N–H and O–H groups in total. The number of hydrogen-bond donors (Lipinski definition) is 3. The first-order valence-electron chi connectivity index (χ1n) is 19.9. The molecule has 0 radical (unpaired) electrons. The molecule has 0 rings (SSSR count). The number of unbranched alkanes of at least 4 members (excludes halogenated alkanes) is 11. The van der Waals surface area contributed by atoms with Crippen molar-refractivity contribution in [3.05, 3.63) is 72.9 Å². The van der Waals surface area contributed by atoms with Crippen LogP contribution in [0.5, 0.6) is 0 Å². The fourth-order valence-electron chi connectivity index (χ4n) is 4.89. The number of phosphoric acid groups is 1. The predicted molar refractivity (Wildman–Crippen MR) is 214 cm³/mol. The summed E-state index contributed by atoms with van der Waals surface area (Å²) < 4.78 is 33.2. The zero-order valence-corrected chi connectivity index (χ0v) is 33.4. The Hall–Kier alpha value is -2.10. The average molecular weight is 753 g/mol. The van der Waals surface area contributed by atoms with Crippen molar-refractivity contribution in [2.24, 2.45) is 0 Å². The third-order valence-corrected chi connectivity index (χ3v) is 8.86. The zero-order chi connectivity index (χ0) is 38.2. The Bertz CT molecular complexity index is 1030. The second-order valence-electron chi connectivity index (χ2n) is 12.9. The van der Waals surface area contributed by atoms with E-state index in [-0.39, 0.29) is 13.0 Å². The van der Waals surface area contributed by atoms with Gasteiger partial charge in [-0.15, -0.1) is 0 Å². The van der Waals surface area contributed by atoms with Gasteiger partial charge < -0.3 is 24.6 Å². The maximum atomic E-state index is 12.6. The number of ether oxygens (including phenoxy) is 2. The molecule has 0 aliphatic rings. The molecule has 0 spiro atoms. The SMILES string of the molecule is CC/C=C\C/C=C\C/C=C\C/C=C\C/C=C\C/C=C\CCCCC(=O)OC(COCCCCCCCCCCCC)COP(=O)(O)OCC(O)CO. The fourth-order valence-corrected chi connectivity index (χ4v) is 5.68. The molecule has 0 aromatic carbocycles. The highest BCUT2D eigenvalue weighted by Gasteiger charge is 2.26. The summed E-state index contributed by atoms with van der Waals surface area (Å²) >= 11 is 0. The monoisotopic (exact) mass is 752 g/mol. The number of carbonyl (C=O) groups is 1. The quantitative estimate of drug-likeness (QED) is 0.0245. The number of allylic oxidation sites excluding steroid dienone is 12. The van der Waals surface area contributed by atoms with Crippen LogP contribution < -0.4 is 0 Å². The van der Waals surface area contributed by atoms with Gasteiger partial charge in [0.1, 0.15) is 12.2 Å². The molecular formula is C42H73O9P. The highest BCUT2D eigenvalue weighted by atomic mass is 31.2. The topological polar surface area (TPSA) is 132 Å². The minimum Gasteiger partial charge on any atom is -0.457 e. The lowest BCUT2D eigenvalue weighted by molar-refractivity contribution is -0.154. The number of rotatable bonds is 37. The lowest BCUT2D eigenvalue weighted by atomic mass is 10.1. The summed E-state index contributed by atoms with van der Waals surface area (Å²) in [6.45, 7) is 3.31. The van der Waals surface area contributed by atoms with Crippen LogP contribution in [0, 0.1) is 0 Å². The second kappa shape index (κ2) is 38.6. The van der Waals surface area contributed by atoms with Crippen LogP contribution in [0.4, 0.5) is 0 Å². The number of hydrogen-bond acceptors (Lipinski definition) is 8. The second-order valence-corrected chi connectivity index (χ2v) is 14.4. The van der Waals surface area contributed by atoms with E-state index in [4.69, 9.17) is 23.6 Å². The van der Waals surface area contributed by atoms with Crippen LogP contribution in [-0.2, 0) is 27.9 Å². The smallest absolute Gasteiger partial charge is 0.457 e. The largest absolute Gasteiger partial charge is 0.472 e. The van der Waals surface area contributed by atoms with Gasteiger partial charge >= 0.3 is 13.8 Å². The van der Waals surface area contributed by atoms with Crippen LogP contribution in [0.25, 0.3) is 0 Å². The summed E-state index contributed by atoms with van der Waals surface area (Å²) in [7, 11) is -4.53. The molecule has 0 aliphatic carbocycles. The molecule has 0 aliphatic heterocycles. The highest BCUT2D eigenvalue weighted by molar-refractivity contribution is 7.47. The van der Waals surface area contributed by atoms with Gasteiger partial charge in [-0.1, -0.05) is 145 Å². The van der Waals surface area contributed by atoms with Gasteiger partial charge in [-0.2, -0.15) is 0 Å². The van der Waals surface area contributed by atoms with Gasteiger partial charge in [0.15, 0.2) is 0 Å². The molecule has 300 valence electrons. The summed E-state index contributed by atoms with van der Waals surface area (Å²) in [5.74, 6) is -0.428. The molecular weight excluding hydrogens is 679 g/mol. The first-order chi connectivity index (χ1) is 25.3. The lowest BCUT2D eigenvalue weighted by Gasteiger charge is -2.20. The van der Waals surface area contributed by atoms with Crippen molar-refractivity contribution in [3.8, 4) is 0 Å². The van der Waals surface area contributed by atoms with Gasteiger partial charge in [-0.3, -0.25) is 13.8 Å². The van der Waals surface area contributed by atoms with Crippen molar-refractivity contribution < 1.29 is 43.0 Å². The molecule has 0 heterocycles. The van der Waals surface area contributed by atoms with E-state index in [0.717, 1.165) is 70.6 Å². The van der Waals surface area contributed by atoms with E-state index < -0.39 is 45.8 Å². The van der Waals surface area contributed by atoms with Gasteiger partial charge in [0.2, 0.25) is 0 Å². The number of aliphatic hydroxyl groups is 2. The molecule has 0 aromatic rings. The predicted octanol–water partition coefficient (Wildman–Crippen LogP) is 10.6. The van der Waals surface area contributed by atoms with Crippen LogP contribution >= 0.6 is 7.82 Å². The summed E-state index contributed by atoms with van der Waals surface area (Å²) in [6.07, 6.45) is 44.4. The van der Waals surface area contributed by atoms with Crippen molar-refractivity contribution in [3.63, 3.8) is 0 Å². The van der Waals surface area contributed by atoms with Crippen molar-refractivity contribution in [1.29, 1.82) is 0 Å². The fraction of sp³-hybridized carbons (Fsp3) is 0.690. The number of esters is 1. The molecule has 9 nitrogen and oxygen atoms in total. The van der Waals surface area contributed by atoms with Gasteiger partial charge in [-0.25, -0.2) is 4.57 Å². The number of aliphatic hydroxyl groups excluding tert-OH is 2. The molecule has 0 saturated heterocycles. The summed E-state index contributed by atoms with van der Waals surface area (Å²) in [5, 5.41) is 18.3. The Labute approximate surface area is 316 Å². The third-order valence-electron chi connectivity index (χ3n) is 7.91. The van der Waals surface area contributed by atoms with Crippen LogP contribution in [0.15, 0.2) is 72.9 Å². The third kappa shape index (κ3) is 37.7. The Morgan fingerprint density at radius 3 is 1.62 bits per heavy atom. The molecule has 3 unspecified atom stereocenters. The highest BCUT2D eigenvalue weighted by Crippen LogP contribution is 2.43. The summed E-state index contributed by atoms with van der Waals surface area (Å²) in [6, 6.07) is 0. The number of carbonyl (C=O) groups excluding carboxylic acids is 1. The van der Waals surface area contributed by atoms with Crippen LogP contribution in [0.1, 0.15) is 142 Å². The lowest BCUT2D eigenvalue weighted by Crippen LogP contribution is -2.29. The first kappa shape index (κ1) is 49.9.